The molecule has 0 saturated heterocycles. The van der Waals surface area contributed by atoms with Crippen molar-refractivity contribution in [1.29, 1.82) is 0 Å². The van der Waals surface area contributed by atoms with Crippen molar-refractivity contribution in [2.24, 2.45) is 4.99 Å². The van der Waals surface area contributed by atoms with Crippen LogP contribution in [0.25, 0.3) is 11.6 Å². The molecule has 140 valence electrons. The van der Waals surface area contributed by atoms with Gasteiger partial charge < -0.3 is 10.4 Å². The molecule has 1 aliphatic rings. The molecule has 7 heteroatoms. The minimum atomic E-state index is -0.129. The largest absolute Gasteiger partial charge is 0.493 e. The van der Waals surface area contributed by atoms with Crippen molar-refractivity contribution in [3.8, 4) is 5.88 Å². The molecule has 1 aromatic heterocycles. The maximum atomic E-state index is 12.2. The van der Waals surface area contributed by atoms with Crippen LogP contribution in [-0.2, 0) is 11.3 Å². The van der Waals surface area contributed by atoms with Gasteiger partial charge in [0.1, 0.15) is 0 Å². The van der Waals surface area contributed by atoms with Gasteiger partial charge in [-0.1, -0.05) is 36.4 Å². The van der Waals surface area contributed by atoms with Crippen molar-refractivity contribution >= 4 is 58.7 Å². The van der Waals surface area contributed by atoms with Crippen LogP contribution in [0.1, 0.15) is 16.9 Å². The summed E-state index contributed by atoms with van der Waals surface area (Å²) in [7, 11) is 0. The number of rotatable bonds is 5. The molecular formula is C21H17N3O2S2. The summed E-state index contributed by atoms with van der Waals surface area (Å²) in [6.07, 6.45) is 3.88. The standard InChI is InChI=1S/C21H17N3O2S2/c25-19(23-15-6-2-1-3-7-15)10-11-24-20(26)18(28-21(24)27)12-14-13-22-17-9-5-4-8-16(14)17/h1-9,12-13,26H,10-11H2,(H,23,25)/b14-12+. The number of carbonyl (C=O) groups is 1. The first-order chi connectivity index (χ1) is 13.6. The number of thiazole rings is 1. The zero-order valence-corrected chi connectivity index (χ0v) is 16.5. The van der Waals surface area contributed by atoms with E-state index in [-0.39, 0.29) is 18.2 Å². The lowest BCUT2D eigenvalue weighted by Gasteiger charge is -2.07. The lowest BCUT2D eigenvalue weighted by molar-refractivity contribution is -0.116. The van der Waals surface area contributed by atoms with Crippen LogP contribution in [0, 0.1) is 3.95 Å². The van der Waals surface area contributed by atoms with Crippen molar-refractivity contribution in [3.63, 3.8) is 0 Å². The first-order valence-corrected chi connectivity index (χ1v) is 9.97. The maximum Gasteiger partial charge on any atom is 0.226 e. The van der Waals surface area contributed by atoms with Crippen molar-refractivity contribution in [3.05, 3.63) is 69.0 Å². The molecule has 0 unspecified atom stereocenters. The molecule has 0 bridgehead atoms. The van der Waals surface area contributed by atoms with E-state index in [2.05, 4.69) is 10.3 Å². The van der Waals surface area contributed by atoms with E-state index >= 15 is 0 Å². The number of anilines is 1. The molecule has 0 atom stereocenters. The van der Waals surface area contributed by atoms with Crippen LogP contribution in [0.15, 0.2) is 59.6 Å². The van der Waals surface area contributed by atoms with E-state index in [0.29, 0.717) is 15.4 Å². The molecular weight excluding hydrogens is 390 g/mol. The first-order valence-electron chi connectivity index (χ1n) is 8.74. The Morgan fingerprint density at radius 1 is 1.18 bits per heavy atom. The van der Waals surface area contributed by atoms with Gasteiger partial charge in [-0.15, -0.1) is 11.3 Å². The number of aliphatic imine (C=N–C) groups is 1. The molecule has 5 nitrogen and oxygen atoms in total. The van der Waals surface area contributed by atoms with Gasteiger partial charge in [-0.05, 0) is 36.5 Å². The third-order valence-electron chi connectivity index (χ3n) is 4.36. The number of hydrogen-bond acceptors (Lipinski definition) is 5. The quantitative estimate of drug-likeness (QED) is 0.566. The summed E-state index contributed by atoms with van der Waals surface area (Å²) in [5, 5.41) is 13.4. The van der Waals surface area contributed by atoms with Crippen LogP contribution in [-0.4, -0.2) is 21.8 Å². The fraction of sp³-hybridized carbons (Fsp3) is 0.0952. The van der Waals surface area contributed by atoms with E-state index < -0.39 is 0 Å². The summed E-state index contributed by atoms with van der Waals surface area (Å²) >= 11 is 6.70. The highest BCUT2D eigenvalue weighted by atomic mass is 32.1. The van der Waals surface area contributed by atoms with E-state index in [1.165, 1.54) is 11.3 Å². The second-order valence-electron chi connectivity index (χ2n) is 6.25. The Labute approximate surface area is 171 Å². The van der Waals surface area contributed by atoms with E-state index in [1.54, 1.807) is 10.8 Å². The number of fused-ring (bicyclic) bond motifs is 1. The molecule has 1 aliphatic heterocycles. The molecule has 4 rings (SSSR count). The molecule has 0 saturated carbocycles. The molecule has 2 aromatic carbocycles. The summed E-state index contributed by atoms with van der Waals surface area (Å²) in [4.78, 5) is 17.2. The molecule has 1 amide bonds. The lowest BCUT2D eigenvalue weighted by Crippen LogP contribution is -2.14. The Morgan fingerprint density at radius 2 is 1.93 bits per heavy atom. The number of aromatic nitrogens is 1. The Morgan fingerprint density at radius 3 is 2.75 bits per heavy atom. The van der Waals surface area contributed by atoms with Crippen LogP contribution in [0.5, 0.6) is 5.88 Å². The van der Waals surface area contributed by atoms with E-state index in [4.69, 9.17) is 12.2 Å². The topological polar surface area (TPSA) is 66.6 Å². The fourth-order valence-corrected chi connectivity index (χ4v) is 4.27. The minimum absolute atomic E-state index is 0.0767. The summed E-state index contributed by atoms with van der Waals surface area (Å²) in [6.45, 7) is 0.313. The number of nitrogens with zero attached hydrogens (tertiary/aromatic N) is 2. The van der Waals surface area contributed by atoms with E-state index in [9.17, 15) is 9.90 Å². The van der Waals surface area contributed by atoms with Gasteiger partial charge >= 0.3 is 0 Å². The van der Waals surface area contributed by atoms with E-state index in [0.717, 1.165) is 22.5 Å². The summed E-state index contributed by atoms with van der Waals surface area (Å²) in [5.74, 6) is -0.0525. The van der Waals surface area contributed by atoms with E-state index in [1.807, 2.05) is 60.7 Å². The minimum Gasteiger partial charge on any atom is -0.493 e. The first kappa shape index (κ1) is 18.3. The number of allylic oxidation sites excluding steroid dienone is 1. The smallest absolute Gasteiger partial charge is 0.226 e. The van der Waals surface area contributed by atoms with Crippen LogP contribution in [0.3, 0.4) is 0 Å². The lowest BCUT2D eigenvalue weighted by atomic mass is 10.1. The number of para-hydroxylation sites is 2. The second kappa shape index (κ2) is 7.92. The number of aromatic hydroxyl groups is 1. The molecule has 2 N–H and O–H groups in total. The Balaban J connectivity index is 1.49. The average molecular weight is 408 g/mol. The third-order valence-corrected chi connectivity index (χ3v) is 5.74. The van der Waals surface area contributed by atoms with Gasteiger partial charge in [0.05, 0.1) is 10.6 Å². The van der Waals surface area contributed by atoms with Crippen LogP contribution < -0.4 is 5.32 Å². The number of benzene rings is 2. The summed E-state index contributed by atoms with van der Waals surface area (Å²) in [6, 6.07) is 17.1. The zero-order valence-electron chi connectivity index (χ0n) is 14.8. The highest BCUT2D eigenvalue weighted by Crippen LogP contribution is 2.35. The average Bonchev–Trinajstić information content (AvgIpc) is 3.22. The predicted octanol–water partition coefficient (Wildman–Crippen LogP) is 5.27. The van der Waals surface area contributed by atoms with Gasteiger partial charge in [0.25, 0.3) is 0 Å². The third kappa shape index (κ3) is 3.81. The van der Waals surface area contributed by atoms with Crippen LogP contribution >= 0.6 is 23.6 Å². The Bertz CT molecular complexity index is 1140. The predicted molar refractivity (Wildman–Crippen MR) is 117 cm³/mol. The molecule has 0 spiro atoms. The second-order valence-corrected chi connectivity index (χ2v) is 7.92. The van der Waals surface area contributed by atoms with Gasteiger partial charge in [-0.3, -0.25) is 14.4 Å². The molecule has 2 heterocycles. The molecule has 28 heavy (non-hydrogen) atoms. The number of hydrogen-bond donors (Lipinski definition) is 2. The molecule has 0 aliphatic carbocycles. The summed E-state index contributed by atoms with van der Waals surface area (Å²) in [5.41, 5.74) is 3.61. The van der Waals surface area contributed by atoms with Gasteiger partial charge in [0.15, 0.2) is 3.95 Å². The number of amides is 1. The Kier molecular flexibility index (Phi) is 5.18. The normalized spacial score (nSPS) is 13.6. The van der Waals surface area contributed by atoms with Gasteiger partial charge in [0.2, 0.25) is 11.8 Å². The molecule has 3 aromatic rings. The zero-order chi connectivity index (χ0) is 19.5. The van der Waals surface area contributed by atoms with Crippen LogP contribution in [0.4, 0.5) is 11.4 Å². The molecule has 0 fully saturated rings. The van der Waals surface area contributed by atoms with Gasteiger partial charge in [-0.2, -0.15) is 0 Å². The SMILES string of the molecule is O=C(CCn1c(O)c(/C=C2\C=Nc3ccccc32)sc1=S)Nc1ccccc1. The number of carbonyl (C=O) groups excluding carboxylic acids is 1. The number of nitrogens with one attached hydrogen (secondary N) is 1. The van der Waals surface area contributed by atoms with Crippen molar-refractivity contribution in [2.75, 3.05) is 5.32 Å². The highest BCUT2D eigenvalue weighted by molar-refractivity contribution is 7.73. The fourth-order valence-electron chi connectivity index (χ4n) is 2.96. The monoisotopic (exact) mass is 407 g/mol. The van der Waals surface area contributed by atoms with Gasteiger partial charge in [-0.25, -0.2) is 0 Å². The Hall–Kier alpha value is -3.03. The highest BCUT2D eigenvalue weighted by Gasteiger charge is 2.16. The van der Waals surface area contributed by atoms with Crippen molar-refractivity contribution in [2.45, 2.75) is 13.0 Å². The van der Waals surface area contributed by atoms with Gasteiger partial charge in [0, 0.05) is 36.0 Å². The van der Waals surface area contributed by atoms with Crippen LogP contribution in [0.2, 0.25) is 0 Å². The van der Waals surface area contributed by atoms with Crippen molar-refractivity contribution in [1.82, 2.24) is 4.57 Å². The summed E-state index contributed by atoms with van der Waals surface area (Å²) < 4.78 is 2.12. The molecule has 0 radical (unpaired) electrons. The maximum absolute atomic E-state index is 12.2. The van der Waals surface area contributed by atoms with Crippen molar-refractivity contribution < 1.29 is 9.90 Å².